The van der Waals surface area contributed by atoms with Crippen molar-refractivity contribution in [3.05, 3.63) is 70.7 Å². The van der Waals surface area contributed by atoms with Crippen LogP contribution in [0.25, 0.3) is 11.5 Å². The highest BCUT2D eigenvalue weighted by Crippen LogP contribution is 2.29. The zero-order chi connectivity index (χ0) is 19.6. The van der Waals surface area contributed by atoms with Crippen molar-refractivity contribution in [2.45, 2.75) is 19.1 Å². The summed E-state index contributed by atoms with van der Waals surface area (Å²) in [4.78, 5) is 24.4. The standard InChI is InChI=1S/C18H14F3N3O3/c1-11(17(26)22-13-6-4-12(5-7-13)18(19,20)21)24-16(25)9-8-14(23-24)15-3-2-10-27-15/h2-11H,1H3,(H,22,26). The number of amides is 1. The van der Waals surface area contributed by atoms with E-state index in [2.05, 4.69) is 10.4 Å². The summed E-state index contributed by atoms with van der Waals surface area (Å²) >= 11 is 0. The number of carbonyl (C=O) groups excluding carboxylic acids is 1. The third kappa shape index (κ3) is 4.08. The molecule has 3 aromatic rings. The van der Waals surface area contributed by atoms with E-state index < -0.39 is 29.2 Å². The van der Waals surface area contributed by atoms with E-state index in [0.717, 1.165) is 28.9 Å². The number of alkyl halides is 3. The SMILES string of the molecule is CC(C(=O)Nc1ccc(C(F)(F)F)cc1)n1nc(-c2ccco2)ccc1=O. The van der Waals surface area contributed by atoms with Crippen LogP contribution in [-0.4, -0.2) is 15.7 Å². The van der Waals surface area contributed by atoms with Crippen LogP contribution in [0.4, 0.5) is 18.9 Å². The monoisotopic (exact) mass is 377 g/mol. The van der Waals surface area contributed by atoms with Crippen LogP contribution in [-0.2, 0) is 11.0 Å². The van der Waals surface area contributed by atoms with Gasteiger partial charge in [-0.05, 0) is 49.4 Å². The second kappa shape index (κ2) is 7.10. The third-order valence-electron chi connectivity index (χ3n) is 3.82. The van der Waals surface area contributed by atoms with Crippen molar-refractivity contribution in [2.75, 3.05) is 5.32 Å². The lowest BCUT2D eigenvalue weighted by Gasteiger charge is -2.15. The minimum Gasteiger partial charge on any atom is -0.463 e. The molecule has 0 radical (unpaired) electrons. The van der Waals surface area contributed by atoms with Crippen LogP contribution in [0.3, 0.4) is 0 Å². The average molecular weight is 377 g/mol. The van der Waals surface area contributed by atoms with Crippen LogP contribution in [0, 0.1) is 0 Å². The molecule has 0 aliphatic rings. The molecule has 0 aliphatic heterocycles. The number of hydrogen-bond acceptors (Lipinski definition) is 4. The zero-order valence-corrected chi connectivity index (χ0v) is 14.0. The number of benzene rings is 1. The Morgan fingerprint density at radius 2 is 1.85 bits per heavy atom. The number of nitrogens with zero attached hydrogens (tertiary/aromatic N) is 2. The van der Waals surface area contributed by atoms with Crippen molar-refractivity contribution in [3.63, 3.8) is 0 Å². The largest absolute Gasteiger partial charge is 0.463 e. The topological polar surface area (TPSA) is 77.1 Å². The predicted molar refractivity (Wildman–Crippen MR) is 91.0 cm³/mol. The highest BCUT2D eigenvalue weighted by Gasteiger charge is 2.30. The molecule has 0 bridgehead atoms. The molecule has 0 spiro atoms. The number of carbonyl (C=O) groups is 1. The van der Waals surface area contributed by atoms with E-state index in [-0.39, 0.29) is 5.69 Å². The van der Waals surface area contributed by atoms with Crippen molar-refractivity contribution in [1.82, 2.24) is 9.78 Å². The number of halogens is 3. The van der Waals surface area contributed by atoms with Gasteiger partial charge in [0.15, 0.2) is 5.76 Å². The smallest absolute Gasteiger partial charge is 0.416 e. The molecule has 3 rings (SSSR count). The van der Waals surface area contributed by atoms with E-state index in [9.17, 15) is 22.8 Å². The quantitative estimate of drug-likeness (QED) is 0.752. The lowest BCUT2D eigenvalue weighted by molar-refractivity contribution is -0.137. The lowest BCUT2D eigenvalue weighted by Crippen LogP contribution is -2.33. The summed E-state index contributed by atoms with van der Waals surface area (Å²) in [6.07, 6.45) is -3.01. The van der Waals surface area contributed by atoms with Crippen molar-refractivity contribution < 1.29 is 22.4 Å². The fourth-order valence-electron chi connectivity index (χ4n) is 2.36. The van der Waals surface area contributed by atoms with Gasteiger partial charge in [0.25, 0.3) is 5.56 Å². The van der Waals surface area contributed by atoms with Crippen molar-refractivity contribution >= 4 is 11.6 Å². The second-order valence-electron chi connectivity index (χ2n) is 5.72. The molecule has 1 N–H and O–H groups in total. The predicted octanol–water partition coefficient (Wildman–Crippen LogP) is 3.72. The summed E-state index contributed by atoms with van der Waals surface area (Å²) in [7, 11) is 0. The van der Waals surface area contributed by atoms with Crippen LogP contribution in [0.2, 0.25) is 0 Å². The molecule has 0 aliphatic carbocycles. The van der Waals surface area contributed by atoms with Gasteiger partial charge >= 0.3 is 6.18 Å². The van der Waals surface area contributed by atoms with Crippen molar-refractivity contribution in [2.24, 2.45) is 0 Å². The van der Waals surface area contributed by atoms with Crippen LogP contribution in [0.15, 0.2) is 64.0 Å². The van der Waals surface area contributed by atoms with Crippen LogP contribution in [0.5, 0.6) is 0 Å². The molecule has 0 fully saturated rings. The van der Waals surface area contributed by atoms with Crippen molar-refractivity contribution in [3.8, 4) is 11.5 Å². The molecule has 1 atom stereocenters. The Kier molecular flexibility index (Phi) is 4.85. The van der Waals surface area contributed by atoms with Gasteiger partial charge in [0.2, 0.25) is 5.91 Å². The Hall–Kier alpha value is -3.36. The van der Waals surface area contributed by atoms with Crippen LogP contribution >= 0.6 is 0 Å². The highest BCUT2D eigenvalue weighted by molar-refractivity contribution is 5.93. The number of aromatic nitrogens is 2. The van der Waals surface area contributed by atoms with Gasteiger partial charge in [0, 0.05) is 11.8 Å². The molecule has 2 aromatic heterocycles. The Labute approximate surface area is 151 Å². The summed E-state index contributed by atoms with van der Waals surface area (Å²) in [5, 5.41) is 6.60. The third-order valence-corrected chi connectivity index (χ3v) is 3.82. The number of furan rings is 1. The van der Waals surface area contributed by atoms with Gasteiger partial charge in [0.1, 0.15) is 11.7 Å². The molecule has 1 aromatic carbocycles. The maximum absolute atomic E-state index is 12.6. The maximum atomic E-state index is 12.6. The minimum atomic E-state index is -4.46. The van der Waals surface area contributed by atoms with E-state index in [4.69, 9.17) is 4.42 Å². The fourth-order valence-corrected chi connectivity index (χ4v) is 2.36. The van der Waals surface area contributed by atoms with Crippen molar-refractivity contribution in [1.29, 1.82) is 0 Å². The fraction of sp³-hybridized carbons (Fsp3) is 0.167. The molecule has 9 heteroatoms. The molecular formula is C18H14F3N3O3. The van der Waals surface area contributed by atoms with E-state index in [1.165, 1.54) is 25.3 Å². The van der Waals surface area contributed by atoms with Gasteiger partial charge in [-0.15, -0.1) is 0 Å². The highest BCUT2D eigenvalue weighted by atomic mass is 19.4. The first-order valence-electron chi connectivity index (χ1n) is 7.87. The zero-order valence-electron chi connectivity index (χ0n) is 14.0. The van der Waals surface area contributed by atoms with Gasteiger partial charge in [-0.25, -0.2) is 4.68 Å². The molecule has 0 saturated heterocycles. The van der Waals surface area contributed by atoms with E-state index in [0.29, 0.717) is 11.5 Å². The Morgan fingerprint density at radius 3 is 2.44 bits per heavy atom. The van der Waals surface area contributed by atoms with Gasteiger partial charge in [0.05, 0.1) is 11.8 Å². The number of hydrogen-bond donors (Lipinski definition) is 1. The van der Waals surface area contributed by atoms with Gasteiger partial charge in [-0.3, -0.25) is 9.59 Å². The van der Waals surface area contributed by atoms with Gasteiger partial charge < -0.3 is 9.73 Å². The van der Waals surface area contributed by atoms with E-state index in [1.807, 2.05) is 0 Å². The lowest BCUT2D eigenvalue weighted by atomic mass is 10.2. The van der Waals surface area contributed by atoms with Gasteiger partial charge in [-0.2, -0.15) is 18.3 Å². The summed E-state index contributed by atoms with van der Waals surface area (Å²) in [5.74, 6) is -0.167. The molecule has 6 nitrogen and oxygen atoms in total. The summed E-state index contributed by atoms with van der Waals surface area (Å²) < 4.78 is 44.0. The molecular weight excluding hydrogens is 363 g/mol. The second-order valence-corrected chi connectivity index (χ2v) is 5.72. The molecule has 1 unspecified atom stereocenters. The Bertz CT molecular complexity index is 993. The normalized spacial score (nSPS) is 12.6. The molecule has 2 heterocycles. The number of anilines is 1. The van der Waals surface area contributed by atoms with E-state index in [1.54, 1.807) is 12.1 Å². The first-order valence-corrected chi connectivity index (χ1v) is 7.87. The molecule has 140 valence electrons. The molecule has 1 amide bonds. The molecule has 0 saturated carbocycles. The first-order chi connectivity index (χ1) is 12.8. The summed E-state index contributed by atoms with van der Waals surface area (Å²) in [5.41, 5.74) is -0.776. The summed E-state index contributed by atoms with van der Waals surface area (Å²) in [6, 6.07) is 9.06. The van der Waals surface area contributed by atoms with Crippen LogP contribution in [0.1, 0.15) is 18.5 Å². The van der Waals surface area contributed by atoms with Crippen LogP contribution < -0.4 is 10.9 Å². The average Bonchev–Trinajstić information content (AvgIpc) is 3.16. The number of nitrogens with one attached hydrogen (secondary N) is 1. The maximum Gasteiger partial charge on any atom is 0.416 e. The molecule has 27 heavy (non-hydrogen) atoms. The Balaban J connectivity index is 1.79. The van der Waals surface area contributed by atoms with E-state index >= 15 is 0 Å². The minimum absolute atomic E-state index is 0.176. The Morgan fingerprint density at radius 1 is 1.15 bits per heavy atom. The first kappa shape index (κ1) is 18.4. The van der Waals surface area contributed by atoms with Gasteiger partial charge in [-0.1, -0.05) is 0 Å². The summed E-state index contributed by atoms with van der Waals surface area (Å²) in [6.45, 7) is 1.46. The number of rotatable bonds is 4.